The van der Waals surface area contributed by atoms with E-state index in [1.807, 2.05) is 0 Å². The summed E-state index contributed by atoms with van der Waals surface area (Å²) < 4.78 is 17.3. The third kappa shape index (κ3) is 2.91. The molecule has 0 aromatic rings. The van der Waals surface area contributed by atoms with Crippen molar-refractivity contribution in [3.8, 4) is 0 Å². The summed E-state index contributed by atoms with van der Waals surface area (Å²) in [5.74, 6) is 0.609. The fraction of sp³-hybridized carbons (Fsp3) is 1.00. The molecule has 0 unspecified atom stereocenters. The molecule has 0 N–H and O–H groups in total. The van der Waals surface area contributed by atoms with Crippen molar-refractivity contribution in [1.82, 2.24) is 0 Å². The van der Waals surface area contributed by atoms with E-state index in [1.165, 1.54) is 0 Å². The molecule has 1 heterocycles. The van der Waals surface area contributed by atoms with Gasteiger partial charge in [0.25, 0.3) is 0 Å². The van der Waals surface area contributed by atoms with Gasteiger partial charge in [-0.15, -0.1) is 0 Å². The number of hydrogen-bond acceptors (Lipinski definition) is 2. The molecule has 2 atom stereocenters. The fourth-order valence-corrected chi connectivity index (χ4v) is 4.41. The van der Waals surface area contributed by atoms with Crippen LogP contribution in [0.15, 0.2) is 0 Å². The molecular formula is C9H19O2P. The Labute approximate surface area is 75.1 Å². The third-order valence-electron chi connectivity index (χ3n) is 2.38. The molecule has 72 valence electrons. The summed E-state index contributed by atoms with van der Waals surface area (Å²) in [6.45, 7) is 4.97. The molecule has 3 heteroatoms. The SMILES string of the molecule is CCCCO[P@]1(=O)CC[C@H](C)C1. The molecule has 0 bridgehead atoms. The first-order valence-electron chi connectivity index (χ1n) is 4.89. The highest BCUT2D eigenvalue weighted by Gasteiger charge is 2.32. The van der Waals surface area contributed by atoms with Gasteiger partial charge in [-0.3, -0.25) is 4.57 Å². The van der Waals surface area contributed by atoms with Crippen LogP contribution in [0.2, 0.25) is 0 Å². The molecule has 0 saturated carbocycles. The molecule has 0 radical (unpaired) electrons. The van der Waals surface area contributed by atoms with Gasteiger partial charge in [0.1, 0.15) is 0 Å². The quantitative estimate of drug-likeness (QED) is 0.503. The first-order chi connectivity index (χ1) is 5.66. The second-order valence-electron chi connectivity index (χ2n) is 3.80. The van der Waals surface area contributed by atoms with E-state index in [1.54, 1.807) is 0 Å². The second kappa shape index (κ2) is 4.43. The Bertz CT molecular complexity index is 179. The fourth-order valence-electron chi connectivity index (χ4n) is 1.57. The predicted octanol–water partition coefficient (Wildman–Crippen LogP) is 3.12. The molecule has 0 amide bonds. The van der Waals surface area contributed by atoms with Gasteiger partial charge in [0, 0.05) is 12.3 Å². The highest BCUT2D eigenvalue weighted by molar-refractivity contribution is 7.59. The summed E-state index contributed by atoms with van der Waals surface area (Å²) in [7, 11) is -2.16. The summed E-state index contributed by atoms with van der Waals surface area (Å²) >= 11 is 0. The van der Waals surface area contributed by atoms with Crippen LogP contribution in [-0.4, -0.2) is 18.9 Å². The van der Waals surface area contributed by atoms with Gasteiger partial charge in [0.15, 0.2) is 0 Å². The second-order valence-corrected chi connectivity index (χ2v) is 6.50. The summed E-state index contributed by atoms with van der Waals surface area (Å²) in [4.78, 5) is 0. The lowest BCUT2D eigenvalue weighted by Crippen LogP contribution is -1.96. The van der Waals surface area contributed by atoms with E-state index in [4.69, 9.17) is 4.52 Å². The van der Waals surface area contributed by atoms with Gasteiger partial charge < -0.3 is 4.52 Å². The van der Waals surface area contributed by atoms with Crippen LogP contribution in [0.1, 0.15) is 33.1 Å². The van der Waals surface area contributed by atoms with Gasteiger partial charge in [0.05, 0.1) is 6.61 Å². The van der Waals surface area contributed by atoms with Crippen LogP contribution < -0.4 is 0 Å². The van der Waals surface area contributed by atoms with E-state index >= 15 is 0 Å². The Morgan fingerprint density at radius 1 is 1.58 bits per heavy atom. The summed E-state index contributed by atoms with van der Waals surface area (Å²) in [5.41, 5.74) is 0. The third-order valence-corrected chi connectivity index (χ3v) is 5.15. The van der Waals surface area contributed by atoms with Crippen molar-refractivity contribution in [3.05, 3.63) is 0 Å². The van der Waals surface area contributed by atoms with E-state index < -0.39 is 7.37 Å². The van der Waals surface area contributed by atoms with Crippen molar-refractivity contribution >= 4 is 7.37 Å². The van der Waals surface area contributed by atoms with Crippen molar-refractivity contribution in [1.29, 1.82) is 0 Å². The molecule has 2 nitrogen and oxygen atoms in total. The Balaban J connectivity index is 2.26. The number of unbranched alkanes of at least 4 members (excludes halogenated alkanes) is 1. The first-order valence-corrected chi connectivity index (χ1v) is 6.88. The normalized spacial score (nSPS) is 35.7. The van der Waals surface area contributed by atoms with E-state index in [9.17, 15) is 4.57 Å². The number of rotatable bonds is 4. The lowest BCUT2D eigenvalue weighted by Gasteiger charge is -2.11. The smallest absolute Gasteiger partial charge is 0.203 e. The highest BCUT2D eigenvalue weighted by atomic mass is 31.2. The zero-order chi connectivity index (χ0) is 9.03. The van der Waals surface area contributed by atoms with Crippen LogP contribution in [0.4, 0.5) is 0 Å². The van der Waals surface area contributed by atoms with Crippen LogP contribution in [0, 0.1) is 5.92 Å². The van der Waals surface area contributed by atoms with Gasteiger partial charge in [-0.1, -0.05) is 20.3 Å². The van der Waals surface area contributed by atoms with E-state index in [-0.39, 0.29) is 0 Å². The minimum absolute atomic E-state index is 0.609. The molecular weight excluding hydrogens is 171 g/mol. The van der Waals surface area contributed by atoms with E-state index in [2.05, 4.69) is 13.8 Å². The zero-order valence-corrected chi connectivity index (χ0v) is 8.98. The molecule has 1 fully saturated rings. The molecule has 0 spiro atoms. The van der Waals surface area contributed by atoms with Crippen LogP contribution in [0.25, 0.3) is 0 Å². The lowest BCUT2D eigenvalue weighted by atomic mass is 10.2. The van der Waals surface area contributed by atoms with Gasteiger partial charge in [-0.25, -0.2) is 0 Å². The lowest BCUT2D eigenvalue weighted by molar-refractivity contribution is 0.309. The minimum atomic E-state index is -2.16. The van der Waals surface area contributed by atoms with Crippen LogP contribution >= 0.6 is 7.37 Å². The Morgan fingerprint density at radius 2 is 2.33 bits per heavy atom. The Hall–Kier alpha value is 0.190. The first kappa shape index (κ1) is 10.3. The van der Waals surface area contributed by atoms with Crippen molar-refractivity contribution < 1.29 is 9.09 Å². The van der Waals surface area contributed by atoms with E-state index in [0.717, 1.165) is 31.6 Å². The maximum atomic E-state index is 11.9. The summed E-state index contributed by atoms with van der Waals surface area (Å²) in [6, 6.07) is 0. The van der Waals surface area contributed by atoms with Crippen molar-refractivity contribution in [2.75, 3.05) is 18.9 Å². The minimum Gasteiger partial charge on any atom is -0.328 e. The Kier molecular flexibility index (Phi) is 3.79. The Morgan fingerprint density at radius 3 is 2.83 bits per heavy atom. The molecule has 0 aliphatic carbocycles. The van der Waals surface area contributed by atoms with Gasteiger partial charge in [-0.05, 0) is 18.8 Å². The maximum absolute atomic E-state index is 11.9. The average molecular weight is 190 g/mol. The molecule has 0 aromatic carbocycles. The average Bonchev–Trinajstić information content (AvgIpc) is 2.32. The van der Waals surface area contributed by atoms with Gasteiger partial charge in [0.2, 0.25) is 7.37 Å². The van der Waals surface area contributed by atoms with Crippen molar-refractivity contribution in [2.45, 2.75) is 33.1 Å². The van der Waals surface area contributed by atoms with Crippen molar-refractivity contribution in [3.63, 3.8) is 0 Å². The van der Waals surface area contributed by atoms with Crippen molar-refractivity contribution in [2.24, 2.45) is 5.92 Å². The van der Waals surface area contributed by atoms with Gasteiger partial charge in [-0.2, -0.15) is 0 Å². The topological polar surface area (TPSA) is 26.3 Å². The molecule has 12 heavy (non-hydrogen) atoms. The van der Waals surface area contributed by atoms with Crippen LogP contribution in [-0.2, 0) is 9.09 Å². The highest BCUT2D eigenvalue weighted by Crippen LogP contribution is 2.54. The molecule has 0 aromatic heterocycles. The predicted molar refractivity (Wildman–Crippen MR) is 52.0 cm³/mol. The maximum Gasteiger partial charge on any atom is 0.203 e. The molecule has 1 aliphatic rings. The van der Waals surface area contributed by atoms with Crippen LogP contribution in [0.3, 0.4) is 0 Å². The standard InChI is InChI=1S/C9H19O2P/c1-3-4-6-11-12(10)7-5-9(2)8-12/h9H,3-8H2,1-2H3/t9-,12+/m0/s1. The largest absolute Gasteiger partial charge is 0.328 e. The monoisotopic (exact) mass is 190 g/mol. The molecule has 1 rings (SSSR count). The molecule has 1 aliphatic heterocycles. The van der Waals surface area contributed by atoms with Gasteiger partial charge >= 0.3 is 0 Å². The van der Waals surface area contributed by atoms with Crippen LogP contribution in [0.5, 0.6) is 0 Å². The summed E-state index contributed by atoms with van der Waals surface area (Å²) in [6.07, 6.45) is 4.88. The summed E-state index contributed by atoms with van der Waals surface area (Å²) in [5, 5.41) is 0. The number of hydrogen-bond donors (Lipinski definition) is 0. The molecule has 1 saturated heterocycles. The van der Waals surface area contributed by atoms with E-state index in [0.29, 0.717) is 12.5 Å². The zero-order valence-electron chi connectivity index (χ0n) is 8.08.